The number of hydrogen-bond donors (Lipinski definition) is 1. The molecular formula is C16H22F4N2. The lowest BCUT2D eigenvalue weighted by atomic mass is 9.91. The van der Waals surface area contributed by atoms with Gasteiger partial charge in [-0.3, -0.25) is 4.90 Å². The van der Waals surface area contributed by atoms with Crippen LogP contribution in [0.1, 0.15) is 37.4 Å². The molecule has 0 bridgehead atoms. The summed E-state index contributed by atoms with van der Waals surface area (Å²) < 4.78 is 53.8. The Labute approximate surface area is 128 Å². The first-order valence-corrected chi connectivity index (χ1v) is 7.61. The number of benzene rings is 1. The Bertz CT molecular complexity index is 493. The van der Waals surface area contributed by atoms with Crippen LogP contribution in [0.3, 0.4) is 0 Å². The lowest BCUT2D eigenvalue weighted by Gasteiger charge is -2.37. The van der Waals surface area contributed by atoms with E-state index in [2.05, 4.69) is 5.32 Å². The van der Waals surface area contributed by atoms with Crippen LogP contribution < -0.4 is 5.32 Å². The van der Waals surface area contributed by atoms with E-state index in [1.54, 1.807) is 0 Å². The van der Waals surface area contributed by atoms with Crippen molar-refractivity contribution in [2.75, 3.05) is 26.2 Å². The van der Waals surface area contributed by atoms with Crippen LogP contribution in [0, 0.1) is 11.7 Å². The maximum Gasteiger partial charge on any atom is 0.419 e. The smallest absolute Gasteiger partial charge is 0.314 e. The number of hydrogen-bond acceptors (Lipinski definition) is 2. The Morgan fingerprint density at radius 3 is 2.36 bits per heavy atom. The minimum atomic E-state index is -4.68. The van der Waals surface area contributed by atoms with E-state index in [1.807, 2.05) is 18.7 Å². The summed E-state index contributed by atoms with van der Waals surface area (Å²) in [6.07, 6.45) is -4.10. The van der Waals surface area contributed by atoms with Crippen LogP contribution >= 0.6 is 0 Å². The van der Waals surface area contributed by atoms with Crippen molar-refractivity contribution < 1.29 is 17.6 Å². The Kier molecular flexibility index (Phi) is 5.45. The van der Waals surface area contributed by atoms with Gasteiger partial charge in [0.1, 0.15) is 5.82 Å². The Balaban J connectivity index is 2.44. The molecule has 0 saturated carbocycles. The molecule has 6 heteroatoms. The summed E-state index contributed by atoms with van der Waals surface area (Å²) in [6, 6.07) is 3.27. The first kappa shape index (κ1) is 17.2. The molecule has 1 heterocycles. The molecule has 1 aliphatic rings. The van der Waals surface area contributed by atoms with Gasteiger partial charge in [0.05, 0.1) is 5.56 Å². The SMILES string of the molecule is CC(C)C[C@@H](c1cccc(F)c1C(F)(F)F)N1CCNCC1. The van der Waals surface area contributed by atoms with Crippen LogP contribution in [-0.2, 0) is 6.18 Å². The molecular weight excluding hydrogens is 296 g/mol. The second-order valence-electron chi connectivity index (χ2n) is 6.13. The summed E-state index contributed by atoms with van der Waals surface area (Å²) in [5, 5.41) is 3.19. The third kappa shape index (κ3) is 3.98. The average Bonchev–Trinajstić information content (AvgIpc) is 2.44. The molecule has 0 amide bonds. The molecule has 1 atom stereocenters. The summed E-state index contributed by atoms with van der Waals surface area (Å²) >= 11 is 0. The fourth-order valence-corrected chi connectivity index (χ4v) is 3.03. The van der Waals surface area contributed by atoms with Gasteiger partial charge in [-0.15, -0.1) is 0 Å². The van der Waals surface area contributed by atoms with Crippen LogP contribution in [0.15, 0.2) is 18.2 Å². The van der Waals surface area contributed by atoms with Gasteiger partial charge in [-0.25, -0.2) is 4.39 Å². The van der Waals surface area contributed by atoms with Crippen molar-refractivity contribution in [3.63, 3.8) is 0 Å². The van der Waals surface area contributed by atoms with Gasteiger partial charge >= 0.3 is 6.18 Å². The number of nitrogens with one attached hydrogen (secondary N) is 1. The number of nitrogens with zero attached hydrogens (tertiary/aromatic N) is 1. The van der Waals surface area contributed by atoms with Crippen molar-refractivity contribution >= 4 is 0 Å². The fraction of sp³-hybridized carbons (Fsp3) is 0.625. The van der Waals surface area contributed by atoms with E-state index >= 15 is 0 Å². The third-order valence-corrected chi connectivity index (χ3v) is 3.98. The summed E-state index contributed by atoms with van der Waals surface area (Å²) in [5.41, 5.74) is -1.05. The minimum Gasteiger partial charge on any atom is -0.314 e. The molecule has 22 heavy (non-hydrogen) atoms. The quantitative estimate of drug-likeness (QED) is 0.849. The van der Waals surface area contributed by atoms with E-state index in [1.165, 1.54) is 12.1 Å². The molecule has 1 aromatic carbocycles. The molecule has 1 fully saturated rings. The van der Waals surface area contributed by atoms with E-state index in [9.17, 15) is 17.6 Å². The van der Waals surface area contributed by atoms with Gasteiger partial charge < -0.3 is 5.32 Å². The van der Waals surface area contributed by atoms with Crippen molar-refractivity contribution in [2.24, 2.45) is 5.92 Å². The Morgan fingerprint density at radius 1 is 1.18 bits per heavy atom. The lowest BCUT2D eigenvalue weighted by molar-refractivity contribution is -0.141. The van der Waals surface area contributed by atoms with Crippen molar-refractivity contribution in [1.29, 1.82) is 0 Å². The standard InChI is InChI=1S/C16H22F4N2/c1-11(2)10-14(22-8-6-21-7-9-22)12-4-3-5-13(17)15(12)16(18,19)20/h3-5,11,14,21H,6-10H2,1-2H3/t14-/m0/s1. The second-order valence-corrected chi connectivity index (χ2v) is 6.13. The van der Waals surface area contributed by atoms with E-state index in [0.717, 1.165) is 19.2 Å². The summed E-state index contributed by atoms with van der Waals surface area (Å²) in [6.45, 7) is 6.77. The first-order valence-electron chi connectivity index (χ1n) is 7.61. The van der Waals surface area contributed by atoms with Gasteiger partial charge in [-0.1, -0.05) is 26.0 Å². The molecule has 1 saturated heterocycles. The predicted octanol–water partition coefficient (Wildman–Crippen LogP) is 3.84. The highest BCUT2D eigenvalue weighted by atomic mass is 19.4. The van der Waals surface area contributed by atoms with E-state index < -0.39 is 23.6 Å². The molecule has 2 rings (SSSR count). The van der Waals surface area contributed by atoms with Gasteiger partial charge in [0, 0.05) is 32.2 Å². The summed E-state index contributed by atoms with van der Waals surface area (Å²) in [5.74, 6) is -0.960. The van der Waals surface area contributed by atoms with Gasteiger partial charge in [0.25, 0.3) is 0 Å². The molecule has 2 nitrogen and oxygen atoms in total. The summed E-state index contributed by atoms with van der Waals surface area (Å²) in [7, 11) is 0. The molecule has 1 aromatic rings. The van der Waals surface area contributed by atoms with Crippen LogP contribution in [0.4, 0.5) is 17.6 Å². The van der Waals surface area contributed by atoms with Crippen molar-refractivity contribution in [3.05, 3.63) is 35.1 Å². The van der Waals surface area contributed by atoms with Crippen LogP contribution in [0.5, 0.6) is 0 Å². The molecule has 124 valence electrons. The molecule has 0 aromatic heterocycles. The highest BCUT2D eigenvalue weighted by Gasteiger charge is 2.39. The molecule has 0 aliphatic carbocycles. The van der Waals surface area contributed by atoms with Crippen LogP contribution in [-0.4, -0.2) is 31.1 Å². The van der Waals surface area contributed by atoms with Gasteiger partial charge in [0.15, 0.2) is 0 Å². The largest absolute Gasteiger partial charge is 0.419 e. The zero-order chi connectivity index (χ0) is 16.3. The molecule has 0 radical (unpaired) electrons. The average molecular weight is 318 g/mol. The van der Waals surface area contributed by atoms with Crippen LogP contribution in [0.25, 0.3) is 0 Å². The molecule has 0 spiro atoms. The monoisotopic (exact) mass is 318 g/mol. The highest BCUT2D eigenvalue weighted by molar-refractivity contribution is 5.34. The third-order valence-electron chi connectivity index (χ3n) is 3.98. The predicted molar refractivity (Wildman–Crippen MR) is 78.0 cm³/mol. The summed E-state index contributed by atoms with van der Waals surface area (Å²) in [4.78, 5) is 2.03. The fourth-order valence-electron chi connectivity index (χ4n) is 3.03. The number of rotatable bonds is 4. The zero-order valence-electron chi connectivity index (χ0n) is 12.9. The minimum absolute atomic E-state index is 0.0584. The molecule has 1 N–H and O–H groups in total. The topological polar surface area (TPSA) is 15.3 Å². The molecule has 1 aliphatic heterocycles. The van der Waals surface area contributed by atoms with Crippen molar-refractivity contribution in [3.8, 4) is 0 Å². The van der Waals surface area contributed by atoms with E-state index in [-0.39, 0.29) is 11.5 Å². The van der Waals surface area contributed by atoms with E-state index in [4.69, 9.17) is 0 Å². The highest BCUT2D eigenvalue weighted by Crippen LogP contribution is 2.40. The van der Waals surface area contributed by atoms with Gasteiger partial charge in [-0.05, 0) is 24.0 Å². The maximum absolute atomic E-state index is 13.9. The second kappa shape index (κ2) is 6.96. The normalized spacial score (nSPS) is 18.7. The number of halogens is 4. The lowest BCUT2D eigenvalue weighted by Crippen LogP contribution is -2.45. The first-order chi connectivity index (χ1) is 10.3. The Morgan fingerprint density at radius 2 is 1.82 bits per heavy atom. The van der Waals surface area contributed by atoms with Gasteiger partial charge in [0.2, 0.25) is 0 Å². The number of alkyl halides is 3. The van der Waals surface area contributed by atoms with E-state index in [0.29, 0.717) is 19.5 Å². The maximum atomic E-state index is 13.9. The Hall–Kier alpha value is -1.14. The zero-order valence-corrected chi connectivity index (χ0v) is 12.9. The number of piperazine rings is 1. The van der Waals surface area contributed by atoms with Crippen molar-refractivity contribution in [2.45, 2.75) is 32.5 Å². The van der Waals surface area contributed by atoms with Crippen LogP contribution in [0.2, 0.25) is 0 Å². The van der Waals surface area contributed by atoms with Gasteiger partial charge in [-0.2, -0.15) is 13.2 Å². The van der Waals surface area contributed by atoms with Crippen molar-refractivity contribution in [1.82, 2.24) is 10.2 Å². The molecule has 0 unspecified atom stereocenters.